The zero-order valence-corrected chi connectivity index (χ0v) is 8.44. The standard InChI is InChI=1S/C7H7BrN2O3/c1-2-13-7-6(10(11)12)3-5(8)4-9-7/h3-4H,2H2,1H3. The highest BCUT2D eigenvalue weighted by atomic mass is 79.9. The number of hydrogen-bond donors (Lipinski definition) is 0. The van der Waals surface area contributed by atoms with E-state index in [9.17, 15) is 10.1 Å². The second-order valence-corrected chi connectivity index (χ2v) is 3.08. The summed E-state index contributed by atoms with van der Waals surface area (Å²) in [5, 5.41) is 10.5. The van der Waals surface area contributed by atoms with Gasteiger partial charge in [0.2, 0.25) is 0 Å². The van der Waals surface area contributed by atoms with Crippen molar-refractivity contribution in [3.8, 4) is 5.88 Å². The molecular weight excluding hydrogens is 240 g/mol. The largest absolute Gasteiger partial charge is 0.473 e. The highest BCUT2D eigenvalue weighted by Gasteiger charge is 2.16. The number of rotatable bonds is 3. The van der Waals surface area contributed by atoms with Gasteiger partial charge in [0, 0.05) is 16.7 Å². The molecule has 0 aliphatic rings. The molecule has 0 fully saturated rings. The first-order valence-electron chi connectivity index (χ1n) is 3.58. The SMILES string of the molecule is CCOc1ncc(Br)cc1[N+](=O)[O-]. The number of halogens is 1. The highest BCUT2D eigenvalue weighted by Crippen LogP contribution is 2.26. The van der Waals surface area contributed by atoms with E-state index in [4.69, 9.17) is 4.74 Å². The van der Waals surface area contributed by atoms with Gasteiger partial charge in [-0.05, 0) is 22.9 Å². The summed E-state index contributed by atoms with van der Waals surface area (Å²) in [7, 11) is 0. The van der Waals surface area contributed by atoms with Gasteiger partial charge < -0.3 is 4.74 Å². The van der Waals surface area contributed by atoms with E-state index in [1.807, 2.05) is 0 Å². The Morgan fingerprint density at radius 1 is 1.77 bits per heavy atom. The van der Waals surface area contributed by atoms with Gasteiger partial charge >= 0.3 is 5.69 Å². The molecule has 5 nitrogen and oxygen atoms in total. The molecule has 70 valence electrons. The maximum absolute atomic E-state index is 10.5. The Bertz CT molecular complexity index is 330. The summed E-state index contributed by atoms with van der Waals surface area (Å²) in [4.78, 5) is 13.8. The van der Waals surface area contributed by atoms with Crippen molar-refractivity contribution in [2.45, 2.75) is 6.92 Å². The van der Waals surface area contributed by atoms with E-state index >= 15 is 0 Å². The molecular formula is C7H7BrN2O3. The quantitative estimate of drug-likeness (QED) is 0.606. The number of aromatic nitrogens is 1. The zero-order chi connectivity index (χ0) is 9.84. The third kappa shape index (κ3) is 2.38. The minimum absolute atomic E-state index is 0.0516. The number of nitrogens with zero attached hydrogens (tertiary/aromatic N) is 2. The fourth-order valence-corrected chi connectivity index (χ4v) is 1.11. The first kappa shape index (κ1) is 9.91. The van der Waals surface area contributed by atoms with Crippen LogP contribution in [0.4, 0.5) is 5.69 Å². The van der Waals surface area contributed by atoms with E-state index in [2.05, 4.69) is 20.9 Å². The maximum Gasteiger partial charge on any atom is 0.332 e. The molecule has 0 spiro atoms. The molecule has 0 aliphatic carbocycles. The van der Waals surface area contributed by atoms with Crippen LogP contribution in [0.15, 0.2) is 16.7 Å². The fourth-order valence-electron chi connectivity index (χ4n) is 0.795. The Morgan fingerprint density at radius 2 is 2.46 bits per heavy atom. The van der Waals surface area contributed by atoms with E-state index in [1.54, 1.807) is 6.92 Å². The first-order chi connectivity index (χ1) is 6.15. The van der Waals surface area contributed by atoms with E-state index in [1.165, 1.54) is 12.3 Å². The molecule has 0 N–H and O–H groups in total. The molecule has 0 atom stereocenters. The molecule has 0 aliphatic heterocycles. The van der Waals surface area contributed by atoms with Crippen molar-refractivity contribution < 1.29 is 9.66 Å². The molecule has 0 saturated carbocycles. The summed E-state index contributed by atoms with van der Waals surface area (Å²) in [5.74, 6) is 0.0516. The third-order valence-corrected chi connectivity index (χ3v) is 1.71. The van der Waals surface area contributed by atoms with Crippen molar-refractivity contribution in [3.05, 3.63) is 26.9 Å². The average Bonchev–Trinajstić information content (AvgIpc) is 2.08. The predicted octanol–water partition coefficient (Wildman–Crippen LogP) is 2.15. The van der Waals surface area contributed by atoms with E-state index in [-0.39, 0.29) is 11.6 Å². The second kappa shape index (κ2) is 4.18. The normalized spacial score (nSPS) is 9.69. The molecule has 1 rings (SSSR count). The Labute approximate surface area is 83.0 Å². The van der Waals surface area contributed by atoms with Crippen molar-refractivity contribution in [1.29, 1.82) is 0 Å². The van der Waals surface area contributed by atoms with Crippen LogP contribution in [0.5, 0.6) is 5.88 Å². The molecule has 0 radical (unpaired) electrons. The van der Waals surface area contributed by atoms with Gasteiger partial charge in [0.25, 0.3) is 5.88 Å². The molecule has 0 bridgehead atoms. The van der Waals surface area contributed by atoms with Gasteiger partial charge in [-0.3, -0.25) is 10.1 Å². The topological polar surface area (TPSA) is 65.3 Å². The molecule has 6 heteroatoms. The van der Waals surface area contributed by atoms with Crippen LogP contribution >= 0.6 is 15.9 Å². The Morgan fingerprint density at radius 3 is 3.00 bits per heavy atom. The number of pyridine rings is 1. The van der Waals surface area contributed by atoms with Gasteiger partial charge in [-0.15, -0.1) is 0 Å². The maximum atomic E-state index is 10.5. The van der Waals surface area contributed by atoms with Crippen molar-refractivity contribution in [2.24, 2.45) is 0 Å². The molecule has 0 unspecified atom stereocenters. The van der Waals surface area contributed by atoms with Crippen LogP contribution in [0.3, 0.4) is 0 Å². The van der Waals surface area contributed by atoms with Gasteiger partial charge in [0.05, 0.1) is 11.5 Å². The lowest BCUT2D eigenvalue weighted by Gasteiger charge is -2.01. The molecule has 13 heavy (non-hydrogen) atoms. The third-order valence-electron chi connectivity index (χ3n) is 1.28. The van der Waals surface area contributed by atoms with Crippen LogP contribution in [0, 0.1) is 10.1 Å². The van der Waals surface area contributed by atoms with Crippen LogP contribution in [-0.2, 0) is 0 Å². The van der Waals surface area contributed by atoms with E-state index in [0.717, 1.165) is 0 Å². The van der Waals surface area contributed by atoms with E-state index < -0.39 is 4.92 Å². The second-order valence-electron chi connectivity index (χ2n) is 2.17. The predicted molar refractivity (Wildman–Crippen MR) is 49.8 cm³/mol. The van der Waals surface area contributed by atoms with Crippen molar-refractivity contribution in [2.75, 3.05) is 6.61 Å². The first-order valence-corrected chi connectivity index (χ1v) is 4.37. The van der Waals surface area contributed by atoms with Crippen molar-refractivity contribution in [3.63, 3.8) is 0 Å². The number of hydrogen-bond acceptors (Lipinski definition) is 4. The average molecular weight is 247 g/mol. The molecule has 1 aromatic heterocycles. The summed E-state index contributed by atoms with van der Waals surface area (Å²) < 4.78 is 5.54. The van der Waals surface area contributed by atoms with Gasteiger partial charge in [-0.2, -0.15) is 0 Å². The lowest BCUT2D eigenvalue weighted by molar-refractivity contribution is -0.386. The Kier molecular flexibility index (Phi) is 3.18. The van der Waals surface area contributed by atoms with Crippen molar-refractivity contribution >= 4 is 21.6 Å². The summed E-state index contributed by atoms with van der Waals surface area (Å²) in [6.07, 6.45) is 1.46. The zero-order valence-electron chi connectivity index (χ0n) is 6.86. The highest BCUT2D eigenvalue weighted by molar-refractivity contribution is 9.10. The number of nitro groups is 1. The summed E-state index contributed by atoms with van der Waals surface area (Å²) >= 11 is 3.09. The molecule has 0 aromatic carbocycles. The fraction of sp³-hybridized carbons (Fsp3) is 0.286. The smallest absolute Gasteiger partial charge is 0.332 e. The van der Waals surface area contributed by atoms with Crippen molar-refractivity contribution in [1.82, 2.24) is 4.98 Å². The molecule has 1 aromatic rings. The van der Waals surface area contributed by atoms with Gasteiger partial charge in [0.15, 0.2) is 0 Å². The number of ether oxygens (including phenoxy) is 1. The minimum Gasteiger partial charge on any atom is -0.473 e. The molecule has 0 amide bonds. The summed E-state index contributed by atoms with van der Waals surface area (Å²) in [5.41, 5.74) is -0.128. The molecule has 1 heterocycles. The lowest BCUT2D eigenvalue weighted by Crippen LogP contribution is -1.99. The summed E-state index contributed by atoms with van der Waals surface area (Å²) in [6.45, 7) is 2.10. The van der Waals surface area contributed by atoms with Gasteiger partial charge in [0.1, 0.15) is 0 Å². The monoisotopic (exact) mass is 246 g/mol. The Hall–Kier alpha value is -1.17. The summed E-state index contributed by atoms with van der Waals surface area (Å²) in [6, 6.07) is 1.36. The molecule has 0 saturated heterocycles. The van der Waals surface area contributed by atoms with Gasteiger partial charge in [-0.1, -0.05) is 0 Å². The minimum atomic E-state index is -0.525. The Balaban J connectivity index is 3.10. The van der Waals surface area contributed by atoms with Crippen LogP contribution in [0.25, 0.3) is 0 Å². The van der Waals surface area contributed by atoms with Crippen LogP contribution in [-0.4, -0.2) is 16.5 Å². The lowest BCUT2D eigenvalue weighted by atomic mass is 10.4. The van der Waals surface area contributed by atoms with Crippen LogP contribution in [0.1, 0.15) is 6.92 Å². The van der Waals surface area contributed by atoms with Crippen LogP contribution < -0.4 is 4.74 Å². The van der Waals surface area contributed by atoms with Crippen LogP contribution in [0.2, 0.25) is 0 Å². The van der Waals surface area contributed by atoms with Gasteiger partial charge in [-0.25, -0.2) is 4.98 Å². The van der Waals surface area contributed by atoms with E-state index in [0.29, 0.717) is 11.1 Å².